The summed E-state index contributed by atoms with van der Waals surface area (Å²) in [5.74, 6) is -0.106. The highest BCUT2D eigenvalue weighted by atomic mass is 16.2. The summed E-state index contributed by atoms with van der Waals surface area (Å²) in [6, 6.07) is 13.8. The molecule has 0 spiro atoms. The van der Waals surface area contributed by atoms with Crippen molar-refractivity contribution in [3.8, 4) is 0 Å². The Kier molecular flexibility index (Phi) is 7.82. The third kappa shape index (κ3) is 5.59. The zero-order valence-corrected chi connectivity index (χ0v) is 18.5. The molecule has 0 heterocycles. The van der Waals surface area contributed by atoms with Crippen molar-refractivity contribution in [3.05, 3.63) is 53.6 Å². The van der Waals surface area contributed by atoms with Crippen LogP contribution in [0.1, 0.15) is 51.7 Å². The number of hydrogen-bond acceptors (Lipinski definition) is 3. The molecule has 29 heavy (non-hydrogen) atoms. The van der Waals surface area contributed by atoms with Gasteiger partial charge in [-0.1, -0.05) is 32.0 Å². The molecule has 5 nitrogen and oxygen atoms in total. The fourth-order valence-electron chi connectivity index (χ4n) is 3.49. The lowest BCUT2D eigenvalue weighted by Crippen LogP contribution is -2.37. The largest absolute Gasteiger partial charge is 0.372 e. The van der Waals surface area contributed by atoms with E-state index in [9.17, 15) is 9.59 Å². The van der Waals surface area contributed by atoms with Gasteiger partial charge >= 0.3 is 0 Å². The number of carbonyl (C=O) groups is 2. The third-order valence-electron chi connectivity index (χ3n) is 5.14. The van der Waals surface area contributed by atoms with Gasteiger partial charge in [-0.3, -0.25) is 9.59 Å². The van der Waals surface area contributed by atoms with Crippen LogP contribution in [0.4, 0.5) is 17.1 Å². The van der Waals surface area contributed by atoms with E-state index in [1.165, 1.54) is 6.92 Å². The second-order valence-corrected chi connectivity index (χ2v) is 7.54. The van der Waals surface area contributed by atoms with E-state index in [0.29, 0.717) is 0 Å². The Morgan fingerprint density at radius 1 is 1.03 bits per heavy atom. The number of amides is 2. The van der Waals surface area contributed by atoms with E-state index in [1.807, 2.05) is 43.3 Å². The van der Waals surface area contributed by atoms with Gasteiger partial charge in [0.15, 0.2) is 0 Å². The number of benzene rings is 2. The Bertz CT molecular complexity index is 857. The molecule has 2 rings (SSSR count). The minimum atomic E-state index is -0.211. The molecular weight excluding hydrogens is 362 g/mol. The monoisotopic (exact) mass is 395 g/mol. The predicted molar refractivity (Wildman–Crippen MR) is 122 cm³/mol. The average molecular weight is 396 g/mol. The number of rotatable bonds is 8. The topological polar surface area (TPSA) is 52.7 Å². The van der Waals surface area contributed by atoms with Crippen molar-refractivity contribution in [2.75, 3.05) is 34.8 Å². The van der Waals surface area contributed by atoms with E-state index in [-0.39, 0.29) is 24.3 Å². The molecule has 0 bridgehead atoms. The lowest BCUT2D eigenvalue weighted by atomic mass is 10.0. The van der Waals surface area contributed by atoms with Crippen LogP contribution in [0.15, 0.2) is 42.5 Å². The van der Waals surface area contributed by atoms with Gasteiger partial charge in [0.2, 0.25) is 11.8 Å². The lowest BCUT2D eigenvalue weighted by Gasteiger charge is -2.25. The van der Waals surface area contributed by atoms with E-state index in [0.717, 1.165) is 41.3 Å². The zero-order chi connectivity index (χ0) is 21.6. The Hall–Kier alpha value is -2.82. The summed E-state index contributed by atoms with van der Waals surface area (Å²) in [4.78, 5) is 28.9. The second kappa shape index (κ2) is 10.1. The lowest BCUT2D eigenvalue weighted by molar-refractivity contribution is -0.120. The summed E-state index contributed by atoms with van der Waals surface area (Å²) in [6.07, 6.45) is 0. The van der Waals surface area contributed by atoms with Crippen molar-refractivity contribution < 1.29 is 9.59 Å². The highest BCUT2D eigenvalue weighted by Crippen LogP contribution is 2.28. The molecular formula is C24H33N3O2. The number of anilines is 3. The molecule has 5 heteroatoms. The van der Waals surface area contributed by atoms with Gasteiger partial charge < -0.3 is 15.1 Å². The van der Waals surface area contributed by atoms with E-state index < -0.39 is 0 Å². The first-order chi connectivity index (χ1) is 13.8. The summed E-state index contributed by atoms with van der Waals surface area (Å²) < 4.78 is 0. The van der Waals surface area contributed by atoms with Crippen molar-refractivity contribution in [1.29, 1.82) is 0 Å². The van der Waals surface area contributed by atoms with Crippen LogP contribution in [-0.2, 0) is 9.59 Å². The fourth-order valence-corrected chi connectivity index (χ4v) is 3.49. The molecule has 2 aromatic rings. The molecule has 0 aromatic heterocycles. The Labute approximate surface area is 174 Å². The van der Waals surface area contributed by atoms with Crippen molar-refractivity contribution in [3.63, 3.8) is 0 Å². The number of nitrogens with one attached hydrogen (secondary N) is 1. The quantitative estimate of drug-likeness (QED) is 0.688. The van der Waals surface area contributed by atoms with Crippen LogP contribution in [-0.4, -0.2) is 31.4 Å². The Morgan fingerprint density at radius 3 is 2.24 bits per heavy atom. The molecule has 156 valence electrons. The van der Waals surface area contributed by atoms with Gasteiger partial charge in [0, 0.05) is 37.1 Å². The molecule has 0 fully saturated rings. The molecule has 0 saturated carbocycles. The van der Waals surface area contributed by atoms with E-state index in [2.05, 4.69) is 44.0 Å². The van der Waals surface area contributed by atoms with E-state index in [4.69, 9.17) is 0 Å². The first-order valence-corrected chi connectivity index (χ1v) is 10.3. The molecule has 1 N–H and O–H groups in total. The number of nitrogens with zero attached hydrogens (tertiary/aromatic N) is 2. The maximum Gasteiger partial charge on any atom is 0.244 e. The van der Waals surface area contributed by atoms with Crippen LogP contribution in [0.25, 0.3) is 0 Å². The van der Waals surface area contributed by atoms with Crippen LogP contribution in [0, 0.1) is 6.92 Å². The van der Waals surface area contributed by atoms with E-state index >= 15 is 0 Å². The maximum absolute atomic E-state index is 12.7. The number of carbonyl (C=O) groups excluding carboxylic acids is 2. The first-order valence-electron chi connectivity index (χ1n) is 10.3. The number of hydrogen-bond donors (Lipinski definition) is 1. The molecule has 0 radical (unpaired) electrons. The standard InChI is InChI=1S/C24H33N3O2/c1-7-26(8-2)20-13-14-22(18(5)15-20)25-24(29)16-27(19(6)28)23-12-10-9-11-21(23)17(3)4/h9-15,17H,7-8,16H2,1-6H3,(H,25,29). The minimum absolute atomic E-state index is 0.0176. The molecule has 2 aromatic carbocycles. The highest BCUT2D eigenvalue weighted by molar-refractivity contribution is 6.02. The van der Waals surface area contributed by atoms with Crippen LogP contribution in [0.3, 0.4) is 0 Å². The molecule has 2 amide bonds. The van der Waals surface area contributed by atoms with E-state index in [1.54, 1.807) is 4.90 Å². The van der Waals surface area contributed by atoms with Gasteiger partial charge in [0.05, 0.1) is 0 Å². The molecule has 0 aliphatic rings. The molecule has 0 saturated heterocycles. The van der Waals surface area contributed by atoms with Crippen LogP contribution in [0.2, 0.25) is 0 Å². The SMILES string of the molecule is CCN(CC)c1ccc(NC(=O)CN(C(C)=O)c2ccccc2C(C)C)c(C)c1. The zero-order valence-electron chi connectivity index (χ0n) is 18.5. The summed E-state index contributed by atoms with van der Waals surface area (Å²) >= 11 is 0. The average Bonchev–Trinajstić information content (AvgIpc) is 2.69. The van der Waals surface area contributed by atoms with Crippen molar-refractivity contribution in [2.24, 2.45) is 0 Å². The smallest absolute Gasteiger partial charge is 0.244 e. The van der Waals surface area contributed by atoms with Crippen LogP contribution < -0.4 is 15.1 Å². The molecule has 0 atom stereocenters. The second-order valence-electron chi connectivity index (χ2n) is 7.54. The third-order valence-corrected chi connectivity index (χ3v) is 5.14. The number of aryl methyl sites for hydroxylation is 1. The molecule has 0 aliphatic heterocycles. The minimum Gasteiger partial charge on any atom is -0.372 e. The number of para-hydroxylation sites is 1. The predicted octanol–water partition coefficient (Wildman–Crippen LogP) is 4.96. The highest BCUT2D eigenvalue weighted by Gasteiger charge is 2.20. The Balaban J connectivity index is 2.19. The van der Waals surface area contributed by atoms with Crippen molar-refractivity contribution >= 4 is 28.9 Å². The van der Waals surface area contributed by atoms with Gasteiger partial charge in [0.1, 0.15) is 6.54 Å². The normalized spacial score (nSPS) is 10.7. The van der Waals surface area contributed by atoms with Gasteiger partial charge in [-0.25, -0.2) is 0 Å². The van der Waals surface area contributed by atoms with Gasteiger partial charge in [0.25, 0.3) is 0 Å². The molecule has 0 unspecified atom stereocenters. The summed E-state index contributed by atoms with van der Waals surface area (Å²) in [7, 11) is 0. The summed E-state index contributed by atoms with van der Waals surface area (Å²) in [5, 5.41) is 2.96. The van der Waals surface area contributed by atoms with Crippen LogP contribution in [0.5, 0.6) is 0 Å². The van der Waals surface area contributed by atoms with Crippen molar-refractivity contribution in [2.45, 2.75) is 47.5 Å². The van der Waals surface area contributed by atoms with Gasteiger partial charge in [-0.05, 0) is 62.1 Å². The van der Waals surface area contributed by atoms with Crippen molar-refractivity contribution in [1.82, 2.24) is 0 Å². The van der Waals surface area contributed by atoms with Gasteiger partial charge in [-0.2, -0.15) is 0 Å². The molecule has 0 aliphatic carbocycles. The first kappa shape index (κ1) is 22.5. The van der Waals surface area contributed by atoms with Gasteiger partial charge in [-0.15, -0.1) is 0 Å². The Morgan fingerprint density at radius 2 is 1.69 bits per heavy atom. The summed E-state index contributed by atoms with van der Waals surface area (Å²) in [5.41, 5.74) is 4.75. The maximum atomic E-state index is 12.7. The fraction of sp³-hybridized carbons (Fsp3) is 0.417. The summed E-state index contributed by atoms with van der Waals surface area (Å²) in [6.45, 7) is 13.7. The van der Waals surface area contributed by atoms with Crippen LogP contribution >= 0.6 is 0 Å².